The van der Waals surface area contributed by atoms with E-state index in [4.69, 9.17) is 0 Å². The molecule has 56 valence electrons. The number of hydrogen-bond donors (Lipinski definition) is 1. The molecule has 0 aliphatic heterocycles. The lowest BCUT2D eigenvalue weighted by atomic mass is 10.4. The van der Waals surface area contributed by atoms with Gasteiger partial charge in [0, 0.05) is 13.1 Å². The van der Waals surface area contributed by atoms with Gasteiger partial charge in [-0.05, 0) is 6.07 Å². The van der Waals surface area contributed by atoms with Crippen molar-refractivity contribution in [3.8, 4) is 0 Å². The SMILES string of the molecule is CNc1ccc[n+](C)c1.[I-]. The first-order chi connectivity index (χ1) is 4.33. The minimum Gasteiger partial charge on any atom is -1.00 e. The van der Waals surface area contributed by atoms with Crippen molar-refractivity contribution in [2.45, 2.75) is 0 Å². The van der Waals surface area contributed by atoms with Gasteiger partial charge < -0.3 is 29.3 Å². The number of aromatic nitrogens is 1. The molecule has 0 aromatic carbocycles. The molecule has 1 aromatic rings. The molecule has 0 spiro atoms. The second-order valence-electron chi connectivity index (χ2n) is 2.01. The van der Waals surface area contributed by atoms with E-state index < -0.39 is 0 Å². The third-order valence-corrected chi connectivity index (χ3v) is 1.23. The molecule has 1 rings (SSSR count). The maximum Gasteiger partial charge on any atom is 0.191 e. The van der Waals surface area contributed by atoms with Gasteiger partial charge in [0.15, 0.2) is 12.4 Å². The molecule has 0 radical (unpaired) electrons. The molecular formula is C7H11IN2. The van der Waals surface area contributed by atoms with Gasteiger partial charge in [-0.1, -0.05) is 0 Å². The number of rotatable bonds is 1. The van der Waals surface area contributed by atoms with Crippen LogP contribution in [0.3, 0.4) is 0 Å². The predicted molar refractivity (Wildman–Crippen MR) is 37.2 cm³/mol. The molecule has 2 nitrogen and oxygen atoms in total. The standard InChI is InChI=1S/C7H11N2.HI/c1-8-7-4-3-5-9(2)6-7;/h3-6,8H,1-2H3;1H/q+1;/p-1. The van der Waals surface area contributed by atoms with E-state index in [2.05, 4.69) is 5.32 Å². The summed E-state index contributed by atoms with van der Waals surface area (Å²) in [7, 11) is 3.91. The Balaban J connectivity index is 0.000000810. The Morgan fingerprint density at radius 2 is 2.20 bits per heavy atom. The topological polar surface area (TPSA) is 15.9 Å². The summed E-state index contributed by atoms with van der Waals surface area (Å²) in [6, 6.07) is 4.03. The molecule has 0 fully saturated rings. The van der Waals surface area contributed by atoms with E-state index in [1.54, 1.807) is 0 Å². The lowest BCUT2D eigenvalue weighted by Gasteiger charge is -1.93. The summed E-state index contributed by atoms with van der Waals surface area (Å²) in [5.74, 6) is 0. The van der Waals surface area contributed by atoms with E-state index >= 15 is 0 Å². The van der Waals surface area contributed by atoms with Gasteiger partial charge >= 0.3 is 0 Å². The molecule has 0 atom stereocenters. The Labute approximate surface area is 78.3 Å². The third-order valence-electron chi connectivity index (χ3n) is 1.23. The summed E-state index contributed by atoms with van der Waals surface area (Å²) >= 11 is 0. The van der Waals surface area contributed by atoms with Crippen LogP contribution in [-0.4, -0.2) is 7.05 Å². The molecule has 0 aliphatic rings. The van der Waals surface area contributed by atoms with Crippen molar-refractivity contribution >= 4 is 5.69 Å². The maximum absolute atomic E-state index is 3.05. The highest BCUT2D eigenvalue weighted by Gasteiger charge is 1.91. The highest BCUT2D eigenvalue weighted by atomic mass is 127. The quantitative estimate of drug-likeness (QED) is 0.432. The van der Waals surface area contributed by atoms with Crippen LogP contribution in [0.4, 0.5) is 5.69 Å². The summed E-state index contributed by atoms with van der Waals surface area (Å²) in [5, 5.41) is 3.05. The van der Waals surface area contributed by atoms with Crippen molar-refractivity contribution in [1.82, 2.24) is 0 Å². The summed E-state index contributed by atoms with van der Waals surface area (Å²) in [6.07, 6.45) is 4.03. The minimum absolute atomic E-state index is 0. The molecular weight excluding hydrogens is 239 g/mol. The van der Waals surface area contributed by atoms with E-state index in [1.165, 1.54) is 0 Å². The summed E-state index contributed by atoms with van der Waals surface area (Å²) < 4.78 is 2.01. The van der Waals surface area contributed by atoms with Crippen LogP contribution in [0.1, 0.15) is 0 Å². The van der Waals surface area contributed by atoms with Crippen LogP contribution in [-0.2, 0) is 7.05 Å². The van der Waals surface area contributed by atoms with Gasteiger partial charge in [0.2, 0.25) is 0 Å². The van der Waals surface area contributed by atoms with E-state index in [9.17, 15) is 0 Å². The van der Waals surface area contributed by atoms with E-state index in [1.807, 2.05) is 43.2 Å². The number of hydrogen-bond acceptors (Lipinski definition) is 1. The van der Waals surface area contributed by atoms with Gasteiger partial charge in [-0.25, -0.2) is 4.57 Å². The van der Waals surface area contributed by atoms with Gasteiger partial charge in [-0.3, -0.25) is 0 Å². The van der Waals surface area contributed by atoms with Crippen molar-refractivity contribution in [2.24, 2.45) is 7.05 Å². The number of nitrogens with zero attached hydrogens (tertiary/aromatic N) is 1. The largest absolute Gasteiger partial charge is 1.00 e. The van der Waals surface area contributed by atoms with Gasteiger partial charge in [-0.15, -0.1) is 0 Å². The zero-order valence-electron chi connectivity index (χ0n) is 6.13. The first kappa shape index (κ1) is 9.68. The smallest absolute Gasteiger partial charge is 0.191 e. The van der Waals surface area contributed by atoms with Crippen molar-refractivity contribution in [1.29, 1.82) is 0 Å². The lowest BCUT2D eigenvalue weighted by molar-refractivity contribution is -0.670. The summed E-state index contributed by atoms with van der Waals surface area (Å²) in [5.41, 5.74) is 1.14. The molecule has 1 N–H and O–H groups in total. The highest BCUT2D eigenvalue weighted by molar-refractivity contribution is 5.36. The average Bonchev–Trinajstić information content (AvgIpc) is 1.88. The number of nitrogens with one attached hydrogen (secondary N) is 1. The van der Waals surface area contributed by atoms with Crippen molar-refractivity contribution in [2.75, 3.05) is 12.4 Å². The fourth-order valence-electron chi connectivity index (χ4n) is 0.736. The Kier molecular flexibility index (Phi) is 4.34. The molecule has 0 saturated heterocycles. The van der Waals surface area contributed by atoms with Crippen LogP contribution in [0.25, 0.3) is 0 Å². The number of aryl methyl sites for hydroxylation is 1. The molecule has 3 heteroatoms. The normalized spacial score (nSPS) is 8.20. The molecule has 1 aromatic heterocycles. The Hall–Kier alpha value is -0.320. The van der Waals surface area contributed by atoms with Crippen LogP contribution >= 0.6 is 0 Å². The molecule has 0 amide bonds. The first-order valence-electron chi connectivity index (χ1n) is 2.96. The van der Waals surface area contributed by atoms with E-state index in [0.717, 1.165) is 5.69 Å². The van der Waals surface area contributed by atoms with Crippen LogP contribution < -0.4 is 33.9 Å². The number of halogens is 1. The van der Waals surface area contributed by atoms with Gasteiger partial charge in [0.05, 0.1) is 5.69 Å². The predicted octanol–water partition coefficient (Wildman–Crippen LogP) is -2.44. The molecule has 0 aliphatic carbocycles. The zero-order chi connectivity index (χ0) is 6.69. The second kappa shape index (κ2) is 4.49. The van der Waals surface area contributed by atoms with Gasteiger partial charge in [-0.2, -0.15) is 0 Å². The van der Waals surface area contributed by atoms with Crippen LogP contribution in [0.15, 0.2) is 24.5 Å². The number of anilines is 1. The molecule has 10 heavy (non-hydrogen) atoms. The lowest BCUT2D eigenvalue weighted by Crippen LogP contribution is -3.00. The average molecular weight is 250 g/mol. The Bertz CT molecular complexity index is 201. The summed E-state index contributed by atoms with van der Waals surface area (Å²) in [6.45, 7) is 0. The van der Waals surface area contributed by atoms with Crippen LogP contribution in [0.5, 0.6) is 0 Å². The maximum atomic E-state index is 3.05. The van der Waals surface area contributed by atoms with Crippen molar-refractivity contribution in [3.63, 3.8) is 0 Å². The van der Waals surface area contributed by atoms with Gasteiger partial charge in [0.1, 0.15) is 7.05 Å². The van der Waals surface area contributed by atoms with Crippen LogP contribution in [0.2, 0.25) is 0 Å². The molecule has 0 bridgehead atoms. The van der Waals surface area contributed by atoms with E-state index in [0.29, 0.717) is 0 Å². The monoisotopic (exact) mass is 250 g/mol. The summed E-state index contributed by atoms with van der Waals surface area (Å²) in [4.78, 5) is 0. The Morgan fingerprint density at radius 1 is 1.50 bits per heavy atom. The zero-order valence-corrected chi connectivity index (χ0v) is 8.29. The molecule has 1 heterocycles. The second-order valence-corrected chi connectivity index (χ2v) is 2.01. The minimum atomic E-state index is 0. The molecule has 0 saturated carbocycles. The highest BCUT2D eigenvalue weighted by Crippen LogP contribution is 1.97. The van der Waals surface area contributed by atoms with Crippen molar-refractivity contribution < 1.29 is 28.5 Å². The fraction of sp³-hybridized carbons (Fsp3) is 0.286. The number of pyridine rings is 1. The third kappa shape index (κ3) is 2.51. The fourth-order valence-corrected chi connectivity index (χ4v) is 0.736. The van der Waals surface area contributed by atoms with E-state index in [-0.39, 0.29) is 24.0 Å². The Morgan fingerprint density at radius 3 is 2.60 bits per heavy atom. The first-order valence-corrected chi connectivity index (χ1v) is 2.96. The van der Waals surface area contributed by atoms with Crippen LogP contribution in [0, 0.1) is 0 Å². The van der Waals surface area contributed by atoms with Gasteiger partial charge in [0.25, 0.3) is 0 Å². The molecule has 0 unspecified atom stereocenters. The van der Waals surface area contributed by atoms with Crippen molar-refractivity contribution in [3.05, 3.63) is 24.5 Å².